The van der Waals surface area contributed by atoms with E-state index in [0.29, 0.717) is 17.3 Å². The Balaban J connectivity index is 2.00. The molecule has 1 aromatic rings. The molecule has 1 aliphatic heterocycles. The van der Waals surface area contributed by atoms with Crippen LogP contribution in [0.1, 0.15) is 29.6 Å². The molecular formula is C13H17N3O. The Hall–Kier alpha value is -1.71. The van der Waals surface area contributed by atoms with Crippen molar-refractivity contribution in [1.82, 2.24) is 0 Å². The molecule has 3 rings (SSSR count). The molecule has 2 atom stereocenters. The van der Waals surface area contributed by atoms with E-state index in [0.717, 1.165) is 18.2 Å². The number of rotatable bonds is 2. The number of benzene rings is 1. The van der Waals surface area contributed by atoms with Crippen molar-refractivity contribution in [3.8, 4) is 0 Å². The number of carbonyl (C=O) groups excluding carboxylic acids is 1. The molecule has 2 aliphatic rings. The number of anilines is 2. The van der Waals surface area contributed by atoms with Crippen molar-refractivity contribution < 1.29 is 4.79 Å². The van der Waals surface area contributed by atoms with Gasteiger partial charge in [0.15, 0.2) is 0 Å². The number of nitrogen functional groups attached to an aromatic ring is 1. The van der Waals surface area contributed by atoms with E-state index in [1.54, 1.807) is 6.07 Å². The molecule has 2 unspecified atom stereocenters. The van der Waals surface area contributed by atoms with Crippen LogP contribution in [0.4, 0.5) is 11.4 Å². The van der Waals surface area contributed by atoms with Crippen molar-refractivity contribution in [2.75, 3.05) is 17.2 Å². The van der Waals surface area contributed by atoms with Crippen LogP contribution in [0.2, 0.25) is 0 Å². The van der Waals surface area contributed by atoms with E-state index in [9.17, 15) is 4.79 Å². The summed E-state index contributed by atoms with van der Waals surface area (Å²) < 4.78 is 0. The second kappa shape index (κ2) is 3.65. The Morgan fingerprint density at radius 1 is 1.35 bits per heavy atom. The zero-order valence-corrected chi connectivity index (χ0v) is 9.73. The van der Waals surface area contributed by atoms with E-state index in [1.807, 2.05) is 12.1 Å². The lowest BCUT2D eigenvalue weighted by Crippen LogP contribution is -2.33. The van der Waals surface area contributed by atoms with Gasteiger partial charge in [-0.05, 0) is 43.4 Å². The first kappa shape index (κ1) is 10.4. The van der Waals surface area contributed by atoms with Crippen molar-refractivity contribution in [2.24, 2.45) is 11.7 Å². The summed E-state index contributed by atoms with van der Waals surface area (Å²) in [5, 5.41) is 0. The molecule has 4 N–H and O–H groups in total. The van der Waals surface area contributed by atoms with Gasteiger partial charge in [0.2, 0.25) is 0 Å². The quantitative estimate of drug-likeness (QED) is 0.755. The van der Waals surface area contributed by atoms with Gasteiger partial charge in [-0.1, -0.05) is 0 Å². The lowest BCUT2D eigenvalue weighted by Gasteiger charge is -2.30. The summed E-state index contributed by atoms with van der Waals surface area (Å²) in [6.07, 6.45) is 3.80. The van der Waals surface area contributed by atoms with Crippen molar-refractivity contribution in [3.63, 3.8) is 0 Å². The average Bonchev–Trinajstić information content (AvgIpc) is 2.90. The van der Waals surface area contributed by atoms with Crippen LogP contribution >= 0.6 is 0 Å². The Bertz CT molecular complexity index is 472. The fourth-order valence-electron chi connectivity index (χ4n) is 3.22. The van der Waals surface area contributed by atoms with Crippen LogP contribution in [0.15, 0.2) is 18.2 Å². The van der Waals surface area contributed by atoms with Gasteiger partial charge >= 0.3 is 0 Å². The van der Waals surface area contributed by atoms with Gasteiger partial charge in [-0.2, -0.15) is 0 Å². The van der Waals surface area contributed by atoms with Crippen LogP contribution in [-0.2, 0) is 0 Å². The summed E-state index contributed by atoms with van der Waals surface area (Å²) in [4.78, 5) is 13.8. The summed E-state index contributed by atoms with van der Waals surface area (Å²) >= 11 is 0. The van der Waals surface area contributed by atoms with Crippen molar-refractivity contribution in [1.29, 1.82) is 0 Å². The second-order valence-electron chi connectivity index (χ2n) is 5.13. The minimum atomic E-state index is -0.393. The molecule has 0 aromatic heterocycles. The topological polar surface area (TPSA) is 72.3 Å². The van der Waals surface area contributed by atoms with E-state index in [4.69, 9.17) is 11.5 Å². The number of amides is 1. The number of fused-ring (bicyclic) bond motifs is 2. The molecule has 1 aliphatic carbocycles. The maximum Gasteiger partial charge on any atom is 0.250 e. The predicted molar refractivity (Wildman–Crippen MR) is 67.8 cm³/mol. The van der Waals surface area contributed by atoms with E-state index in [2.05, 4.69) is 4.90 Å². The first-order chi connectivity index (χ1) is 8.15. The van der Waals surface area contributed by atoms with Gasteiger partial charge < -0.3 is 16.4 Å². The van der Waals surface area contributed by atoms with E-state index in [-0.39, 0.29) is 0 Å². The third-order valence-electron chi connectivity index (χ3n) is 4.00. The Morgan fingerprint density at radius 3 is 2.76 bits per heavy atom. The molecule has 1 amide bonds. The van der Waals surface area contributed by atoms with Gasteiger partial charge in [0, 0.05) is 24.0 Å². The van der Waals surface area contributed by atoms with E-state index in [1.165, 1.54) is 19.3 Å². The highest BCUT2D eigenvalue weighted by atomic mass is 16.1. The lowest BCUT2D eigenvalue weighted by molar-refractivity contribution is 0.100. The summed E-state index contributed by atoms with van der Waals surface area (Å²) in [5.41, 5.74) is 13.2. The van der Waals surface area contributed by atoms with Crippen LogP contribution in [0.25, 0.3) is 0 Å². The molecule has 1 saturated carbocycles. The van der Waals surface area contributed by atoms with Crippen LogP contribution in [0.5, 0.6) is 0 Å². The molecule has 1 aromatic carbocycles. The first-order valence-electron chi connectivity index (χ1n) is 6.11. The lowest BCUT2D eigenvalue weighted by atomic mass is 10.1. The van der Waals surface area contributed by atoms with Crippen LogP contribution in [-0.4, -0.2) is 18.5 Å². The number of hydrogen-bond acceptors (Lipinski definition) is 3. The van der Waals surface area contributed by atoms with Crippen molar-refractivity contribution >= 4 is 17.3 Å². The maximum atomic E-state index is 11.5. The largest absolute Gasteiger partial charge is 0.399 e. The minimum absolute atomic E-state index is 0.393. The van der Waals surface area contributed by atoms with Crippen molar-refractivity contribution in [2.45, 2.75) is 25.3 Å². The molecular weight excluding hydrogens is 214 g/mol. The highest BCUT2D eigenvalue weighted by Crippen LogP contribution is 2.41. The fourth-order valence-corrected chi connectivity index (χ4v) is 3.22. The molecule has 0 spiro atoms. The van der Waals surface area contributed by atoms with Crippen LogP contribution < -0.4 is 16.4 Å². The van der Waals surface area contributed by atoms with E-state index >= 15 is 0 Å². The molecule has 0 radical (unpaired) electrons. The standard InChI is InChI=1S/C13H17N3O/c14-9-2-4-12(11(6-9)13(15)17)16-7-8-1-3-10(16)5-8/h2,4,6,8,10H,1,3,5,7,14H2,(H2,15,17). The van der Waals surface area contributed by atoms with Crippen LogP contribution in [0, 0.1) is 5.92 Å². The summed E-state index contributed by atoms with van der Waals surface area (Å²) in [6, 6.07) is 6.04. The average molecular weight is 231 g/mol. The minimum Gasteiger partial charge on any atom is -0.399 e. The molecule has 1 heterocycles. The second-order valence-corrected chi connectivity index (χ2v) is 5.13. The number of piperidine rings is 1. The Morgan fingerprint density at radius 2 is 2.18 bits per heavy atom. The number of carbonyl (C=O) groups is 1. The zero-order chi connectivity index (χ0) is 12.0. The Labute approximate surface area is 101 Å². The van der Waals surface area contributed by atoms with Gasteiger partial charge in [-0.3, -0.25) is 4.79 Å². The van der Waals surface area contributed by atoms with Gasteiger partial charge in [0.05, 0.1) is 5.56 Å². The highest BCUT2D eigenvalue weighted by Gasteiger charge is 2.38. The Kier molecular flexibility index (Phi) is 2.24. The maximum absolute atomic E-state index is 11.5. The highest BCUT2D eigenvalue weighted by molar-refractivity contribution is 5.99. The fraction of sp³-hybridized carbons (Fsp3) is 0.462. The number of nitrogens with two attached hydrogens (primary N) is 2. The first-order valence-corrected chi connectivity index (χ1v) is 6.11. The molecule has 2 fully saturated rings. The molecule has 1 saturated heterocycles. The number of nitrogens with zero attached hydrogens (tertiary/aromatic N) is 1. The molecule has 4 heteroatoms. The predicted octanol–water partition coefficient (Wildman–Crippen LogP) is 1.36. The summed E-state index contributed by atoms with van der Waals surface area (Å²) in [7, 11) is 0. The molecule has 2 bridgehead atoms. The van der Waals surface area contributed by atoms with Crippen LogP contribution in [0.3, 0.4) is 0 Å². The van der Waals surface area contributed by atoms with E-state index < -0.39 is 5.91 Å². The third-order valence-corrected chi connectivity index (χ3v) is 4.00. The SMILES string of the molecule is NC(=O)c1cc(N)ccc1N1CC2CCC1C2. The summed E-state index contributed by atoms with van der Waals surface area (Å²) in [5.74, 6) is 0.397. The molecule has 17 heavy (non-hydrogen) atoms. The van der Waals surface area contributed by atoms with Gasteiger partial charge in [0.25, 0.3) is 5.91 Å². The third kappa shape index (κ3) is 1.64. The smallest absolute Gasteiger partial charge is 0.250 e. The normalized spacial score (nSPS) is 26.5. The van der Waals surface area contributed by atoms with Gasteiger partial charge in [-0.25, -0.2) is 0 Å². The molecule has 90 valence electrons. The zero-order valence-electron chi connectivity index (χ0n) is 9.73. The van der Waals surface area contributed by atoms with Crippen molar-refractivity contribution in [3.05, 3.63) is 23.8 Å². The van der Waals surface area contributed by atoms with Gasteiger partial charge in [-0.15, -0.1) is 0 Å². The molecule has 4 nitrogen and oxygen atoms in total. The number of primary amides is 1. The monoisotopic (exact) mass is 231 g/mol. The summed E-state index contributed by atoms with van der Waals surface area (Å²) in [6.45, 7) is 1.05. The number of hydrogen-bond donors (Lipinski definition) is 2. The van der Waals surface area contributed by atoms with Gasteiger partial charge in [0.1, 0.15) is 0 Å².